The van der Waals surface area contributed by atoms with Crippen LogP contribution in [0.4, 0.5) is 10.5 Å². The molecule has 3 aromatic heterocycles. The number of rotatable bonds is 4. The molecule has 2 amide bonds. The van der Waals surface area contributed by atoms with Gasteiger partial charge in [0.15, 0.2) is 0 Å². The molecular weight excluding hydrogens is 414 g/mol. The highest BCUT2D eigenvalue weighted by Gasteiger charge is 2.24. The minimum Gasteiger partial charge on any atom is -0.361 e. The molecule has 0 spiro atoms. The second-order valence-corrected chi connectivity index (χ2v) is 8.99. The zero-order chi connectivity index (χ0) is 22.9. The minimum absolute atomic E-state index is 0.0156. The molecule has 0 radical (unpaired) electrons. The average molecular weight is 444 g/mol. The number of piperidine rings is 1. The van der Waals surface area contributed by atoms with Crippen LogP contribution in [0.25, 0.3) is 22.2 Å². The third kappa shape index (κ3) is 4.23. The maximum atomic E-state index is 12.6. The summed E-state index contributed by atoms with van der Waals surface area (Å²) < 4.78 is 7.47. The van der Waals surface area contributed by atoms with E-state index in [9.17, 15) is 4.79 Å². The summed E-state index contributed by atoms with van der Waals surface area (Å²) in [5, 5.41) is 8.27. The summed E-state index contributed by atoms with van der Waals surface area (Å²) in [4.78, 5) is 19.3. The average Bonchev–Trinajstić information content (AvgIpc) is 3.32. The van der Waals surface area contributed by atoms with Crippen LogP contribution in [0, 0.1) is 19.8 Å². The summed E-state index contributed by atoms with van der Waals surface area (Å²) in [5.41, 5.74) is 6.07. The molecular formula is C26H29N5O2. The molecule has 0 saturated carbocycles. The molecule has 5 rings (SSSR count). The number of urea groups is 1. The van der Waals surface area contributed by atoms with Crippen molar-refractivity contribution in [3.8, 4) is 11.1 Å². The van der Waals surface area contributed by atoms with Crippen LogP contribution in [0.2, 0.25) is 0 Å². The Balaban J connectivity index is 1.29. The first-order valence-electron chi connectivity index (χ1n) is 11.5. The molecule has 1 aromatic carbocycles. The van der Waals surface area contributed by atoms with Gasteiger partial charge in [0.25, 0.3) is 0 Å². The Morgan fingerprint density at radius 3 is 2.64 bits per heavy atom. The molecule has 4 aromatic rings. The number of fused-ring (bicyclic) bond motifs is 1. The normalized spacial score (nSPS) is 14.7. The lowest BCUT2D eigenvalue weighted by atomic mass is 9.90. The number of anilines is 1. The first-order chi connectivity index (χ1) is 16.0. The van der Waals surface area contributed by atoms with Crippen molar-refractivity contribution < 1.29 is 9.32 Å². The van der Waals surface area contributed by atoms with Gasteiger partial charge in [-0.1, -0.05) is 23.4 Å². The Morgan fingerprint density at radius 1 is 1.18 bits per heavy atom. The van der Waals surface area contributed by atoms with Gasteiger partial charge in [0.1, 0.15) is 11.4 Å². The predicted octanol–water partition coefficient (Wildman–Crippen LogP) is 5.33. The topological polar surface area (TPSA) is 76.2 Å². The first kappa shape index (κ1) is 21.2. The van der Waals surface area contributed by atoms with Crippen LogP contribution < -0.4 is 5.32 Å². The Labute approximate surface area is 193 Å². The molecule has 1 aliphatic heterocycles. The Morgan fingerprint density at radius 2 is 1.94 bits per heavy atom. The lowest BCUT2D eigenvalue weighted by molar-refractivity contribution is 0.182. The van der Waals surface area contributed by atoms with Crippen LogP contribution in [-0.4, -0.2) is 38.7 Å². The van der Waals surface area contributed by atoms with Gasteiger partial charge in [-0.05, 0) is 62.8 Å². The second kappa shape index (κ2) is 8.73. The van der Waals surface area contributed by atoms with E-state index < -0.39 is 0 Å². The van der Waals surface area contributed by atoms with Crippen LogP contribution in [0.15, 0.2) is 53.3 Å². The Hall–Kier alpha value is -3.61. The molecule has 170 valence electrons. The third-order valence-corrected chi connectivity index (χ3v) is 6.65. The van der Waals surface area contributed by atoms with E-state index >= 15 is 0 Å². The van der Waals surface area contributed by atoms with E-state index in [4.69, 9.17) is 9.51 Å². The van der Waals surface area contributed by atoms with Crippen molar-refractivity contribution in [2.75, 3.05) is 18.4 Å². The van der Waals surface area contributed by atoms with Crippen molar-refractivity contribution in [1.82, 2.24) is 19.6 Å². The SMILES string of the molecule is Cc1noc(C)c1-c1cnc2c(c1)c(CC1CCN(C(=O)Nc3ccccc3)CC1)cn2C. The summed E-state index contributed by atoms with van der Waals surface area (Å²) in [6, 6.07) is 11.8. The Kier molecular flexibility index (Phi) is 5.62. The molecule has 4 heterocycles. The molecule has 0 atom stereocenters. The fourth-order valence-electron chi connectivity index (χ4n) is 4.91. The van der Waals surface area contributed by atoms with E-state index in [0.717, 1.165) is 66.3 Å². The molecule has 1 fully saturated rings. The third-order valence-electron chi connectivity index (χ3n) is 6.65. The van der Waals surface area contributed by atoms with Gasteiger partial charge < -0.3 is 19.3 Å². The van der Waals surface area contributed by atoms with Gasteiger partial charge in [-0.15, -0.1) is 0 Å². The van der Waals surface area contributed by atoms with E-state index in [2.05, 4.69) is 27.3 Å². The smallest absolute Gasteiger partial charge is 0.321 e. The largest absolute Gasteiger partial charge is 0.361 e. The zero-order valence-corrected chi connectivity index (χ0v) is 19.3. The van der Waals surface area contributed by atoms with Gasteiger partial charge >= 0.3 is 6.03 Å². The van der Waals surface area contributed by atoms with Crippen LogP contribution in [-0.2, 0) is 13.5 Å². The van der Waals surface area contributed by atoms with E-state index in [0.29, 0.717) is 5.92 Å². The fourth-order valence-corrected chi connectivity index (χ4v) is 4.91. The van der Waals surface area contributed by atoms with E-state index in [1.807, 2.05) is 62.3 Å². The monoisotopic (exact) mass is 443 g/mol. The van der Waals surface area contributed by atoms with Crippen LogP contribution in [0.5, 0.6) is 0 Å². The van der Waals surface area contributed by atoms with E-state index in [-0.39, 0.29) is 6.03 Å². The quantitative estimate of drug-likeness (QED) is 0.462. The van der Waals surface area contributed by atoms with Gasteiger partial charge in [0.2, 0.25) is 0 Å². The van der Waals surface area contributed by atoms with Crippen molar-refractivity contribution in [2.45, 2.75) is 33.1 Å². The Bertz CT molecular complexity index is 1260. The number of carbonyl (C=O) groups excluding carboxylic acids is 1. The van der Waals surface area contributed by atoms with Crippen molar-refractivity contribution >= 4 is 22.8 Å². The van der Waals surface area contributed by atoms with Crippen molar-refractivity contribution in [2.24, 2.45) is 13.0 Å². The highest BCUT2D eigenvalue weighted by atomic mass is 16.5. The number of nitrogens with one attached hydrogen (secondary N) is 1. The number of aromatic nitrogens is 3. The number of likely N-dealkylation sites (tertiary alicyclic amines) is 1. The summed E-state index contributed by atoms with van der Waals surface area (Å²) in [7, 11) is 2.05. The second-order valence-electron chi connectivity index (χ2n) is 8.99. The minimum atomic E-state index is -0.0156. The van der Waals surface area contributed by atoms with E-state index in [1.165, 1.54) is 10.9 Å². The molecule has 0 unspecified atom stereocenters. The number of hydrogen-bond donors (Lipinski definition) is 1. The van der Waals surface area contributed by atoms with Crippen LogP contribution >= 0.6 is 0 Å². The summed E-state index contributed by atoms with van der Waals surface area (Å²) in [6.45, 7) is 5.45. The fraction of sp³-hybridized carbons (Fsp3) is 0.346. The number of benzene rings is 1. The number of para-hydroxylation sites is 1. The highest BCUT2D eigenvalue weighted by Crippen LogP contribution is 2.32. The van der Waals surface area contributed by atoms with Gasteiger partial charge in [0, 0.05) is 54.7 Å². The van der Waals surface area contributed by atoms with Gasteiger partial charge in [0.05, 0.1) is 5.69 Å². The molecule has 0 bridgehead atoms. The maximum absolute atomic E-state index is 12.6. The lowest BCUT2D eigenvalue weighted by Crippen LogP contribution is -2.41. The molecule has 1 aliphatic rings. The number of amides is 2. The maximum Gasteiger partial charge on any atom is 0.321 e. The predicted molar refractivity (Wildman–Crippen MR) is 129 cm³/mol. The lowest BCUT2D eigenvalue weighted by Gasteiger charge is -2.32. The first-order valence-corrected chi connectivity index (χ1v) is 11.5. The molecule has 33 heavy (non-hydrogen) atoms. The molecule has 1 N–H and O–H groups in total. The van der Waals surface area contributed by atoms with Crippen molar-refractivity contribution in [3.05, 3.63) is 65.8 Å². The number of nitrogens with zero attached hydrogens (tertiary/aromatic N) is 4. The molecule has 7 nitrogen and oxygen atoms in total. The molecule has 0 aliphatic carbocycles. The number of carbonyl (C=O) groups is 1. The van der Waals surface area contributed by atoms with Crippen LogP contribution in [0.1, 0.15) is 29.9 Å². The molecule has 1 saturated heterocycles. The van der Waals surface area contributed by atoms with Crippen molar-refractivity contribution in [1.29, 1.82) is 0 Å². The summed E-state index contributed by atoms with van der Waals surface area (Å²) in [5.74, 6) is 1.35. The number of pyridine rings is 1. The molecule has 7 heteroatoms. The highest BCUT2D eigenvalue weighted by molar-refractivity contribution is 5.89. The van der Waals surface area contributed by atoms with Gasteiger partial charge in [-0.3, -0.25) is 0 Å². The number of aryl methyl sites for hydroxylation is 3. The zero-order valence-electron chi connectivity index (χ0n) is 19.3. The van der Waals surface area contributed by atoms with Crippen molar-refractivity contribution in [3.63, 3.8) is 0 Å². The van der Waals surface area contributed by atoms with Gasteiger partial charge in [-0.2, -0.15) is 0 Å². The van der Waals surface area contributed by atoms with Crippen LogP contribution in [0.3, 0.4) is 0 Å². The summed E-state index contributed by atoms with van der Waals surface area (Å²) >= 11 is 0. The van der Waals surface area contributed by atoms with E-state index in [1.54, 1.807) is 0 Å². The standard InChI is InChI=1S/C26H29N5O2/c1-17-24(18(2)33-29-17)20-14-23-21(16-30(3)25(23)27-15-20)13-19-9-11-31(12-10-19)26(32)28-22-7-5-4-6-8-22/h4-8,14-16,19H,9-13H2,1-3H3,(H,28,32). The summed E-state index contributed by atoms with van der Waals surface area (Å²) in [6.07, 6.45) is 7.08. The van der Waals surface area contributed by atoms with Gasteiger partial charge in [-0.25, -0.2) is 9.78 Å². The number of hydrogen-bond acceptors (Lipinski definition) is 4.